The van der Waals surface area contributed by atoms with E-state index >= 15 is 0 Å². The van der Waals surface area contributed by atoms with Crippen molar-refractivity contribution < 1.29 is 14.3 Å². The average molecular weight is 463 g/mol. The summed E-state index contributed by atoms with van der Waals surface area (Å²) in [6, 6.07) is 18.0. The molecule has 35 heavy (non-hydrogen) atoms. The summed E-state index contributed by atoms with van der Waals surface area (Å²) < 4.78 is 12.7. The lowest BCUT2D eigenvalue weighted by atomic mass is 9.82. The summed E-state index contributed by atoms with van der Waals surface area (Å²) in [5, 5.41) is 5.39. The molecule has 0 saturated heterocycles. The lowest BCUT2D eigenvalue weighted by Crippen LogP contribution is -2.53. The third kappa shape index (κ3) is 3.64. The summed E-state index contributed by atoms with van der Waals surface area (Å²) in [6.07, 6.45) is 8.72. The second-order valence-corrected chi connectivity index (χ2v) is 10.0. The van der Waals surface area contributed by atoms with Gasteiger partial charge in [0.15, 0.2) is 0 Å². The third-order valence-corrected chi connectivity index (χ3v) is 6.79. The maximum Gasteiger partial charge on any atom is 0.340 e. The van der Waals surface area contributed by atoms with Crippen molar-refractivity contribution in [3.05, 3.63) is 96.1 Å². The van der Waals surface area contributed by atoms with Crippen LogP contribution in [0, 0.1) is 5.41 Å². The normalized spacial score (nSPS) is 21.3. The maximum atomic E-state index is 13.3. The van der Waals surface area contributed by atoms with Crippen LogP contribution in [-0.4, -0.2) is 17.6 Å². The molecule has 3 aliphatic rings. The maximum absolute atomic E-state index is 13.3. The zero-order chi connectivity index (χ0) is 24.2. The largest absolute Gasteiger partial charge is 0.456 e. The molecular formula is C30H26N2O3. The quantitative estimate of drug-likeness (QED) is 0.429. The summed E-state index contributed by atoms with van der Waals surface area (Å²) in [5.74, 6) is 0.452. The number of carbonyl (C=O) groups is 1. The van der Waals surface area contributed by atoms with Gasteiger partial charge in [0.25, 0.3) is 11.6 Å². The van der Waals surface area contributed by atoms with Crippen molar-refractivity contribution in [1.82, 2.24) is 0 Å². The van der Waals surface area contributed by atoms with Crippen LogP contribution in [0.1, 0.15) is 31.4 Å². The Bertz CT molecular complexity index is 1470. The molecule has 2 heterocycles. The van der Waals surface area contributed by atoms with E-state index in [1.807, 2.05) is 66.7 Å². The van der Waals surface area contributed by atoms with Crippen LogP contribution in [0.4, 0.5) is 11.4 Å². The first kappa shape index (κ1) is 21.4. The van der Waals surface area contributed by atoms with E-state index in [2.05, 4.69) is 31.8 Å². The Labute approximate surface area is 204 Å². The van der Waals surface area contributed by atoms with Crippen LogP contribution in [-0.2, 0) is 16.0 Å². The van der Waals surface area contributed by atoms with Crippen LogP contribution in [0.15, 0.2) is 90.0 Å². The van der Waals surface area contributed by atoms with Gasteiger partial charge in [0.05, 0.1) is 0 Å². The first-order chi connectivity index (χ1) is 16.9. The number of anilines is 1. The Kier molecular flexibility index (Phi) is 4.71. The highest BCUT2D eigenvalue weighted by Crippen LogP contribution is 2.46. The second kappa shape index (κ2) is 7.70. The first-order valence-electron chi connectivity index (χ1n) is 11.8. The minimum atomic E-state index is -1.10. The highest BCUT2D eigenvalue weighted by atomic mass is 16.6. The monoisotopic (exact) mass is 462 g/mol. The molecule has 0 radical (unpaired) electrons. The molecule has 3 aromatic carbocycles. The van der Waals surface area contributed by atoms with E-state index < -0.39 is 11.7 Å². The van der Waals surface area contributed by atoms with E-state index in [0.29, 0.717) is 29.9 Å². The van der Waals surface area contributed by atoms with Crippen LogP contribution < -0.4 is 10.1 Å². The van der Waals surface area contributed by atoms with E-state index in [1.165, 1.54) is 0 Å². The van der Waals surface area contributed by atoms with E-state index in [9.17, 15) is 4.79 Å². The number of nitrogens with one attached hydrogen (secondary N) is 1. The van der Waals surface area contributed by atoms with Crippen molar-refractivity contribution >= 4 is 40.1 Å². The summed E-state index contributed by atoms with van der Waals surface area (Å²) in [5.41, 5.74) is 3.05. The highest BCUT2D eigenvalue weighted by molar-refractivity contribution is 6.07. The summed E-state index contributed by atoms with van der Waals surface area (Å²) in [4.78, 5) is 18.3. The molecule has 1 spiro atoms. The van der Waals surface area contributed by atoms with E-state index in [4.69, 9.17) is 14.5 Å². The number of carbonyl (C=O) groups excluding carboxylic acids is 1. The zero-order valence-corrected chi connectivity index (χ0v) is 19.8. The number of allylic oxidation sites excluding steroid dienone is 3. The van der Waals surface area contributed by atoms with Crippen LogP contribution in [0.3, 0.4) is 0 Å². The van der Waals surface area contributed by atoms with Crippen LogP contribution in [0.25, 0.3) is 16.8 Å². The van der Waals surface area contributed by atoms with Crippen molar-refractivity contribution in [3.8, 4) is 5.75 Å². The van der Waals surface area contributed by atoms with E-state index in [1.54, 1.807) is 6.08 Å². The Morgan fingerprint density at radius 2 is 1.97 bits per heavy atom. The Morgan fingerprint density at radius 1 is 1.14 bits per heavy atom. The molecule has 6 rings (SSSR count). The van der Waals surface area contributed by atoms with E-state index in [0.717, 1.165) is 27.6 Å². The van der Waals surface area contributed by atoms with Gasteiger partial charge in [-0.3, -0.25) is 0 Å². The van der Waals surface area contributed by atoms with Gasteiger partial charge < -0.3 is 14.8 Å². The van der Waals surface area contributed by atoms with Crippen LogP contribution in [0.5, 0.6) is 5.75 Å². The summed E-state index contributed by atoms with van der Waals surface area (Å²) in [7, 11) is 0. The molecule has 1 N–H and O–H groups in total. The Morgan fingerprint density at radius 3 is 2.77 bits per heavy atom. The fraction of sp³-hybridized carbons (Fsp3) is 0.200. The van der Waals surface area contributed by atoms with Crippen molar-refractivity contribution in [3.63, 3.8) is 0 Å². The molecule has 5 nitrogen and oxygen atoms in total. The summed E-state index contributed by atoms with van der Waals surface area (Å²) >= 11 is 0. The standard InChI is InChI=1S/C30H26N2O3/c1-4-19-11-12-20-13-14-25-26(23(20)16-19)31-28(34-27(33)22-9-7-15-29(2,3)17-22)30(35-25)18-21-8-5-6-10-24(21)32-30/h4-16,32H,1,17-18H2,2-3H3. The van der Waals surface area contributed by atoms with Gasteiger partial charge in [0.2, 0.25) is 0 Å². The molecule has 1 atom stereocenters. The lowest BCUT2D eigenvalue weighted by Gasteiger charge is -2.35. The van der Waals surface area contributed by atoms with Gasteiger partial charge in [-0.25, -0.2) is 9.79 Å². The molecule has 5 heteroatoms. The molecule has 0 saturated carbocycles. The van der Waals surface area contributed by atoms with Gasteiger partial charge in [0.1, 0.15) is 11.4 Å². The fourth-order valence-electron chi connectivity index (χ4n) is 5.00. The zero-order valence-electron chi connectivity index (χ0n) is 19.8. The van der Waals surface area contributed by atoms with Crippen LogP contribution >= 0.6 is 0 Å². The van der Waals surface area contributed by atoms with Gasteiger partial charge >= 0.3 is 5.97 Å². The molecule has 3 aromatic rings. The highest BCUT2D eigenvalue weighted by Gasteiger charge is 2.49. The third-order valence-electron chi connectivity index (χ3n) is 6.79. The molecular weight excluding hydrogens is 436 g/mol. The van der Waals surface area contributed by atoms with Crippen molar-refractivity contribution in [1.29, 1.82) is 0 Å². The van der Waals surface area contributed by atoms with Crippen LogP contribution in [0.2, 0.25) is 0 Å². The van der Waals surface area contributed by atoms with Crippen molar-refractivity contribution in [2.45, 2.75) is 32.4 Å². The number of nitrogens with zero attached hydrogens (tertiary/aromatic N) is 1. The topological polar surface area (TPSA) is 59.9 Å². The Balaban J connectivity index is 1.46. The lowest BCUT2D eigenvalue weighted by molar-refractivity contribution is -0.132. The van der Waals surface area contributed by atoms with Gasteiger partial charge in [0, 0.05) is 23.1 Å². The SMILES string of the molecule is C=Cc1ccc2ccc3c(c2c1)N=C(OC(=O)C1=CC=CC(C)(C)C1)C1(Cc2ccccc2N1)O3. The predicted octanol–water partition coefficient (Wildman–Crippen LogP) is 6.73. The first-order valence-corrected chi connectivity index (χ1v) is 11.8. The fourth-order valence-corrected chi connectivity index (χ4v) is 5.00. The number of ether oxygens (including phenoxy) is 2. The van der Waals surface area contributed by atoms with Gasteiger partial charge in [-0.15, -0.1) is 0 Å². The Hall–Kier alpha value is -4.12. The number of aliphatic imine (C=N–C) groups is 1. The van der Waals surface area contributed by atoms with Gasteiger partial charge in [-0.05, 0) is 46.5 Å². The molecule has 0 amide bonds. The van der Waals surface area contributed by atoms with Gasteiger partial charge in [-0.2, -0.15) is 0 Å². The molecule has 0 bridgehead atoms. The number of hydrogen-bond acceptors (Lipinski definition) is 5. The second-order valence-electron chi connectivity index (χ2n) is 10.0. The molecule has 174 valence electrons. The van der Waals surface area contributed by atoms with Crippen molar-refractivity contribution in [2.24, 2.45) is 10.4 Å². The molecule has 2 aliphatic heterocycles. The van der Waals surface area contributed by atoms with E-state index in [-0.39, 0.29) is 11.3 Å². The number of rotatable bonds is 2. The molecule has 0 aromatic heterocycles. The number of para-hydroxylation sites is 1. The minimum absolute atomic E-state index is 0.114. The minimum Gasteiger partial charge on any atom is -0.456 e. The van der Waals surface area contributed by atoms with Crippen molar-refractivity contribution in [2.75, 3.05) is 5.32 Å². The number of fused-ring (bicyclic) bond motifs is 4. The number of benzene rings is 3. The molecule has 1 unspecified atom stereocenters. The molecule has 1 aliphatic carbocycles. The van der Waals surface area contributed by atoms with Gasteiger partial charge in [-0.1, -0.05) is 81.1 Å². The molecule has 0 fully saturated rings. The smallest absolute Gasteiger partial charge is 0.340 e. The average Bonchev–Trinajstić information content (AvgIpc) is 3.22. The predicted molar refractivity (Wildman–Crippen MR) is 140 cm³/mol. The summed E-state index contributed by atoms with van der Waals surface area (Å²) in [6.45, 7) is 8.09. The number of esters is 1. The number of hydrogen-bond donors (Lipinski definition) is 1.